The molecule has 0 aromatic heterocycles. The lowest BCUT2D eigenvalue weighted by molar-refractivity contribution is -0.130. The molecule has 1 N–H and O–H groups in total. The number of carbonyl (C=O) groups is 1. The molecule has 0 aromatic rings. The largest absolute Gasteiger partial charge is 0.356 e. The molecule has 8 aliphatic carbocycles. The predicted octanol–water partition coefficient (Wildman–Crippen LogP) is 5.44. The fraction of sp³-hybridized carbons (Fsp3) is 0.957. The summed E-state index contributed by atoms with van der Waals surface area (Å²) in [6, 6.07) is 0. The highest BCUT2D eigenvalue weighted by Gasteiger charge is 2.57. The second-order valence-electron chi connectivity index (χ2n) is 12.0. The van der Waals surface area contributed by atoms with Gasteiger partial charge in [0.2, 0.25) is 5.91 Å². The maximum absolute atomic E-state index is 13.0. The molecule has 26 heavy (non-hydrogen) atoms. The SMILES string of the molecule is O=C(CC12C[C@@H]3C[C@H](CC(Br)(C3)C1)C2)NCC12CC3CC(CC(C3)C1)C2. The van der Waals surface area contributed by atoms with E-state index in [0.717, 1.165) is 42.6 Å². The van der Waals surface area contributed by atoms with Crippen LogP contribution in [0, 0.1) is 40.4 Å². The van der Waals surface area contributed by atoms with Crippen molar-refractivity contribution in [2.45, 2.75) is 87.8 Å². The van der Waals surface area contributed by atoms with E-state index in [2.05, 4.69) is 21.2 Å². The number of carbonyl (C=O) groups excluding carboxylic acids is 1. The van der Waals surface area contributed by atoms with Crippen LogP contribution in [-0.2, 0) is 4.79 Å². The van der Waals surface area contributed by atoms with Crippen molar-refractivity contribution in [3.8, 4) is 0 Å². The number of nitrogens with one attached hydrogen (secondary N) is 1. The fourth-order valence-corrected chi connectivity index (χ4v) is 11.2. The Bertz CT molecular complexity index is 578. The third-order valence-electron chi connectivity index (χ3n) is 9.47. The summed E-state index contributed by atoms with van der Waals surface area (Å²) in [4.78, 5) is 13.0. The summed E-state index contributed by atoms with van der Waals surface area (Å²) in [5, 5.41) is 3.47. The number of amides is 1. The van der Waals surface area contributed by atoms with Gasteiger partial charge in [-0.1, -0.05) is 15.9 Å². The van der Waals surface area contributed by atoms with Crippen molar-refractivity contribution in [1.29, 1.82) is 0 Å². The van der Waals surface area contributed by atoms with Crippen LogP contribution in [0.25, 0.3) is 0 Å². The molecule has 8 aliphatic rings. The molecule has 0 unspecified atom stereocenters. The number of hydrogen-bond donors (Lipinski definition) is 1. The number of alkyl halides is 1. The molecule has 144 valence electrons. The van der Waals surface area contributed by atoms with E-state index in [1.807, 2.05) is 0 Å². The molecule has 0 heterocycles. The van der Waals surface area contributed by atoms with E-state index < -0.39 is 0 Å². The molecule has 8 bridgehead atoms. The zero-order chi connectivity index (χ0) is 17.6. The predicted molar refractivity (Wildman–Crippen MR) is 107 cm³/mol. The normalized spacial score (nSPS) is 56.1. The first-order chi connectivity index (χ1) is 12.4. The van der Waals surface area contributed by atoms with Gasteiger partial charge in [-0.3, -0.25) is 4.79 Å². The van der Waals surface area contributed by atoms with Gasteiger partial charge in [0.05, 0.1) is 0 Å². The van der Waals surface area contributed by atoms with Gasteiger partial charge < -0.3 is 5.32 Å². The Kier molecular flexibility index (Phi) is 3.58. The minimum Gasteiger partial charge on any atom is -0.356 e. The van der Waals surface area contributed by atoms with Crippen molar-refractivity contribution in [2.75, 3.05) is 6.54 Å². The first-order valence-corrected chi connectivity index (χ1v) is 12.2. The summed E-state index contributed by atoms with van der Waals surface area (Å²) in [7, 11) is 0. The molecule has 0 aliphatic heterocycles. The standard InChI is InChI=1S/C23H34BrNO/c24-23-10-18-4-19(11-23)9-21(8-18,13-23)12-20(26)25-14-22-5-15-1-16(6-22)3-17(2-15)7-22/h15-19H,1-14H2,(H,25,26)/t15?,16?,17?,18-,19-,21?,22?,23?/m0/s1. The van der Waals surface area contributed by atoms with Gasteiger partial charge in [0.1, 0.15) is 0 Å². The van der Waals surface area contributed by atoms with Crippen LogP contribution in [0.15, 0.2) is 0 Å². The van der Waals surface area contributed by atoms with Gasteiger partial charge in [-0.15, -0.1) is 0 Å². The van der Waals surface area contributed by atoms with Crippen LogP contribution in [0.2, 0.25) is 0 Å². The second-order valence-corrected chi connectivity index (χ2v) is 13.7. The summed E-state index contributed by atoms with van der Waals surface area (Å²) < 4.78 is 0.372. The molecule has 0 saturated heterocycles. The summed E-state index contributed by atoms with van der Waals surface area (Å²) in [6.45, 7) is 0.984. The quantitative estimate of drug-likeness (QED) is 0.603. The summed E-state index contributed by atoms with van der Waals surface area (Å²) >= 11 is 4.10. The molecule has 2 nitrogen and oxygen atoms in total. The Hall–Kier alpha value is -0.0500. The lowest BCUT2D eigenvalue weighted by Gasteiger charge is -2.60. The van der Waals surface area contributed by atoms with Crippen LogP contribution in [0.5, 0.6) is 0 Å². The lowest BCUT2D eigenvalue weighted by atomic mass is 9.48. The monoisotopic (exact) mass is 419 g/mol. The molecular formula is C23H34BrNO. The van der Waals surface area contributed by atoms with Crippen molar-refractivity contribution < 1.29 is 4.79 Å². The Balaban J connectivity index is 1.11. The maximum atomic E-state index is 13.0. The molecule has 1 amide bonds. The van der Waals surface area contributed by atoms with Gasteiger partial charge in [-0.05, 0) is 117 Å². The van der Waals surface area contributed by atoms with E-state index in [9.17, 15) is 4.79 Å². The van der Waals surface area contributed by atoms with Crippen molar-refractivity contribution in [2.24, 2.45) is 40.4 Å². The third-order valence-corrected chi connectivity index (χ3v) is 10.4. The molecule has 8 rings (SSSR count). The van der Waals surface area contributed by atoms with Gasteiger partial charge >= 0.3 is 0 Å². The highest BCUT2D eigenvalue weighted by molar-refractivity contribution is 9.10. The Morgan fingerprint density at radius 3 is 1.81 bits per heavy atom. The van der Waals surface area contributed by atoms with Crippen molar-refractivity contribution in [3.63, 3.8) is 0 Å². The number of halogens is 1. The van der Waals surface area contributed by atoms with Crippen LogP contribution in [-0.4, -0.2) is 16.8 Å². The van der Waals surface area contributed by atoms with E-state index in [1.165, 1.54) is 77.0 Å². The molecule has 2 atom stereocenters. The highest BCUT2D eigenvalue weighted by atomic mass is 79.9. The number of hydrogen-bond acceptors (Lipinski definition) is 1. The highest BCUT2D eigenvalue weighted by Crippen LogP contribution is 2.65. The Morgan fingerprint density at radius 1 is 0.769 bits per heavy atom. The average Bonchev–Trinajstić information content (AvgIpc) is 2.49. The van der Waals surface area contributed by atoms with Gasteiger partial charge in [0, 0.05) is 17.3 Å². The minimum atomic E-state index is 0.319. The van der Waals surface area contributed by atoms with Gasteiger partial charge in [-0.25, -0.2) is 0 Å². The maximum Gasteiger partial charge on any atom is 0.220 e. The molecule has 0 aromatic carbocycles. The van der Waals surface area contributed by atoms with E-state index in [4.69, 9.17) is 0 Å². The van der Waals surface area contributed by atoms with Crippen LogP contribution in [0.4, 0.5) is 0 Å². The van der Waals surface area contributed by atoms with Crippen LogP contribution >= 0.6 is 15.9 Å². The van der Waals surface area contributed by atoms with E-state index in [-0.39, 0.29) is 0 Å². The zero-order valence-electron chi connectivity index (χ0n) is 16.1. The lowest BCUT2D eigenvalue weighted by Crippen LogP contribution is -2.55. The molecular weight excluding hydrogens is 386 g/mol. The van der Waals surface area contributed by atoms with Crippen molar-refractivity contribution in [3.05, 3.63) is 0 Å². The topological polar surface area (TPSA) is 29.1 Å². The molecule has 8 fully saturated rings. The Labute approximate surface area is 166 Å². The third kappa shape index (κ3) is 2.73. The smallest absolute Gasteiger partial charge is 0.220 e. The van der Waals surface area contributed by atoms with Gasteiger partial charge in [0.15, 0.2) is 0 Å². The van der Waals surface area contributed by atoms with Crippen LogP contribution < -0.4 is 5.32 Å². The summed E-state index contributed by atoms with van der Waals surface area (Å²) in [6.07, 6.45) is 17.5. The summed E-state index contributed by atoms with van der Waals surface area (Å²) in [5.74, 6) is 5.08. The zero-order valence-corrected chi connectivity index (χ0v) is 17.7. The van der Waals surface area contributed by atoms with Crippen LogP contribution in [0.3, 0.4) is 0 Å². The molecule has 0 spiro atoms. The first-order valence-electron chi connectivity index (χ1n) is 11.4. The van der Waals surface area contributed by atoms with E-state index in [1.54, 1.807) is 0 Å². The van der Waals surface area contributed by atoms with E-state index >= 15 is 0 Å². The Morgan fingerprint density at radius 2 is 1.27 bits per heavy atom. The molecule has 8 saturated carbocycles. The van der Waals surface area contributed by atoms with Gasteiger partial charge in [0.25, 0.3) is 0 Å². The molecule has 3 heteroatoms. The fourth-order valence-electron chi connectivity index (χ4n) is 9.74. The van der Waals surface area contributed by atoms with E-state index in [0.29, 0.717) is 21.1 Å². The first kappa shape index (κ1) is 16.9. The van der Waals surface area contributed by atoms with Gasteiger partial charge in [-0.2, -0.15) is 0 Å². The van der Waals surface area contributed by atoms with Crippen molar-refractivity contribution in [1.82, 2.24) is 5.32 Å². The average molecular weight is 420 g/mol. The second kappa shape index (κ2) is 5.51. The minimum absolute atomic E-state index is 0.319. The van der Waals surface area contributed by atoms with Crippen LogP contribution in [0.1, 0.15) is 83.5 Å². The summed E-state index contributed by atoms with van der Waals surface area (Å²) in [5.41, 5.74) is 0.793. The van der Waals surface area contributed by atoms with Crippen molar-refractivity contribution >= 4 is 21.8 Å². The number of rotatable bonds is 4. The molecule has 0 radical (unpaired) electrons.